The Morgan fingerprint density at radius 1 is 1.35 bits per heavy atom. The zero-order valence-corrected chi connectivity index (χ0v) is 12.5. The van der Waals surface area contributed by atoms with Gasteiger partial charge in [-0.1, -0.05) is 0 Å². The number of amides is 1. The van der Waals surface area contributed by atoms with Crippen molar-refractivity contribution in [3.63, 3.8) is 0 Å². The lowest BCUT2D eigenvalue weighted by Crippen LogP contribution is -2.34. The molecule has 0 saturated carbocycles. The lowest BCUT2D eigenvalue weighted by Gasteiger charge is -2.21. The van der Waals surface area contributed by atoms with Crippen molar-refractivity contribution in [1.82, 2.24) is 9.88 Å². The van der Waals surface area contributed by atoms with Gasteiger partial charge in [-0.25, -0.2) is 8.42 Å². The summed E-state index contributed by atoms with van der Waals surface area (Å²) in [6.07, 6.45) is 2.03. The minimum absolute atomic E-state index is 0.0346. The second kappa shape index (κ2) is 5.78. The molecular weight excluding hydrogens is 278 g/mol. The number of hydrogen-bond acceptors (Lipinski definition) is 5. The van der Waals surface area contributed by atoms with Crippen molar-refractivity contribution >= 4 is 21.4 Å². The molecule has 1 N–H and O–H groups in total. The van der Waals surface area contributed by atoms with Crippen molar-refractivity contribution in [2.75, 3.05) is 37.0 Å². The number of aryl methyl sites for hydroxylation is 1. The standard InChI is InChI=1S/C13H19N3O3S/c1-10-8-12(14-2)11(9-15-10)13(17)16-4-3-6-20(18,19)7-5-16/h8-9H,3-7H2,1-2H3,(H,14,15). The first-order valence-electron chi connectivity index (χ1n) is 6.57. The van der Waals surface area contributed by atoms with Gasteiger partial charge in [-0.05, 0) is 19.4 Å². The number of anilines is 1. The van der Waals surface area contributed by atoms with E-state index in [9.17, 15) is 13.2 Å². The van der Waals surface area contributed by atoms with Gasteiger partial charge in [0.05, 0.1) is 22.8 Å². The zero-order chi connectivity index (χ0) is 14.8. The van der Waals surface area contributed by atoms with Crippen LogP contribution in [0.2, 0.25) is 0 Å². The molecule has 110 valence electrons. The first-order chi connectivity index (χ1) is 9.43. The van der Waals surface area contributed by atoms with E-state index in [4.69, 9.17) is 0 Å². The molecule has 1 aliphatic heterocycles. The highest BCUT2D eigenvalue weighted by Crippen LogP contribution is 2.18. The number of rotatable bonds is 2. The summed E-state index contributed by atoms with van der Waals surface area (Å²) in [5, 5.41) is 2.98. The van der Waals surface area contributed by atoms with Gasteiger partial charge < -0.3 is 10.2 Å². The Labute approximate surface area is 119 Å². The van der Waals surface area contributed by atoms with E-state index < -0.39 is 9.84 Å². The molecule has 0 radical (unpaired) electrons. The summed E-state index contributed by atoms with van der Waals surface area (Å²) in [6.45, 7) is 2.57. The maximum absolute atomic E-state index is 12.5. The van der Waals surface area contributed by atoms with E-state index >= 15 is 0 Å². The molecule has 1 fully saturated rings. The van der Waals surface area contributed by atoms with E-state index in [-0.39, 0.29) is 24.0 Å². The minimum atomic E-state index is -3.02. The third-order valence-electron chi connectivity index (χ3n) is 3.38. The highest BCUT2D eigenvalue weighted by atomic mass is 32.2. The van der Waals surface area contributed by atoms with Gasteiger partial charge in [-0.2, -0.15) is 0 Å². The minimum Gasteiger partial charge on any atom is -0.387 e. The quantitative estimate of drug-likeness (QED) is 0.869. The van der Waals surface area contributed by atoms with Crippen LogP contribution in [-0.2, 0) is 9.84 Å². The average Bonchev–Trinajstić information content (AvgIpc) is 2.59. The molecule has 1 saturated heterocycles. The molecule has 0 atom stereocenters. The van der Waals surface area contributed by atoms with Crippen molar-refractivity contribution in [2.45, 2.75) is 13.3 Å². The van der Waals surface area contributed by atoms with Crippen molar-refractivity contribution < 1.29 is 13.2 Å². The fourth-order valence-electron chi connectivity index (χ4n) is 2.25. The molecule has 6 nitrogen and oxygen atoms in total. The van der Waals surface area contributed by atoms with E-state index in [1.165, 1.54) is 0 Å². The van der Waals surface area contributed by atoms with Crippen molar-refractivity contribution in [3.05, 3.63) is 23.5 Å². The van der Waals surface area contributed by atoms with Crippen molar-refractivity contribution in [3.8, 4) is 0 Å². The lowest BCUT2D eigenvalue weighted by molar-refractivity contribution is 0.0769. The van der Waals surface area contributed by atoms with Gasteiger partial charge in [0.2, 0.25) is 0 Å². The van der Waals surface area contributed by atoms with Crippen LogP contribution in [0.1, 0.15) is 22.5 Å². The number of pyridine rings is 1. The van der Waals surface area contributed by atoms with E-state index in [0.29, 0.717) is 18.5 Å². The predicted molar refractivity (Wildman–Crippen MR) is 77.7 cm³/mol. The number of nitrogens with zero attached hydrogens (tertiary/aromatic N) is 2. The molecular formula is C13H19N3O3S. The molecule has 1 aliphatic rings. The Kier molecular flexibility index (Phi) is 4.27. The lowest BCUT2D eigenvalue weighted by atomic mass is 10.1. The monoisotopic (exact) mass is 297 g/mol. The summed E-state index contributed by atoms with van der Waals surface area (Å²) >= 11 is 0. The molecule has 7 heteroatoms. The number of nitrogens with one attached hydrogen (secondary N) is 1. The molecule has 2 rings (SSSR count). The molecule has 1 aromatic heterocycles. The number of sulfone groups is 1. The van der Waals surface area contributed by atoms with Crippen LogP contribution >= 0.6 is 0 Å². The highest BCUT2D eigenvalue weighted by molar-refractivity contribution is 7.91. The van der Waals surface area contributed by atoms with E-state index in [1.807, 2.05) is 13.0 Å². The van der Waals surface area contributed by atoms with E-state index in [2.05, 4.69) is 10.3 Å². The summed E-state index contributed by atoms with van der Waals surface area (Å²) in [7, 11) is -1.27. The van der Waals surface area contributed by atoms with Gasteiger partial charge in [0, 0.05) is 32.0 Å². The van der Waals surface area contributed by atoms with Crippen LogP contribution in [0.15, 0.2) is 12.3 Å². The Bertz CT molecular complexity index is 613. The molecule has 1 aromatic rings. The number of carbonyl (C=O) groups excluding carboxylic acids is 1. The first-order valence-corrected chi connectivity index (χ1v) is 8.39. The van der Waals surface area contributed by atoms with Crippen LogP contribution in [0.5, 0.6) is 0 Å². The second-order valence-electron chi connectivity index (χ2n) is 4.92. The summed E-state index contributed by atoms with van der Waals surface area (Å²) in [5.74, 6) is 0.0216. The van der Waals surface area contributed by atoms with Crippen LogP contribution in [0.25, 0.3) is 0 Å². The van der Waals surface area contributed by atoms with Crippen molar-refractivity contribution in [1.29, 1.82) is 0 Å². The molecule has 0 bridgehead atoms. The Morgan fingerprint density at radius 2 is 2.10 bits per heavy atom. The number of carbonyl (C=O) groups is 1. The first kappa shape index (κ1) is 14.8. The molecule has 20 heavy (non-hydrogen) atoms. The summed E-state index contributed by atoms with van der Waals surface area (Å²) in [4.78, 5) is 18.3. The molecule has 0 aromatic carbocycles. The van der Waals surface area contributed by atoms with Crippen molar-refractivity contribution in [2.24, 2.45) is 0 Å². The molecule has 2 heterocycles. The fourth-order valence-corrected chi connectivity index (χ4v) is 3.52. The van der Waals surface area contributed by atoms with Gasteiger partial charge in [-0.3, -0.25) is 9.78 Å². The van der Waals surface area contributed by atoms with Gasteiger partial charge in [0.15, 0.2) is 9.84 Å². The topological polar surface area (TPSA) is 79.4 Å². The van der Waals surface area contributed by atoms with Gasteiger partial charge >= 0.3 is 0 Å². The van der Waals surface area contributed by atoms with E-state index in [0.717, 1.165) is 11.4 Å². The summed E-state index contributed by atoms with van der Waals surface area (Å²) in [5.41, 5.74) is 2.02. The number of hydrogen-bond donors (Lipinski definition) is 1. The Hall–Kier alpha value is -1.63. The van der Waals surface area contributed by atoms with Crippen LogP contribution < -0.4 is 5.32 Å². The zero-order valence-electron chi connectivity index (χ0n) is 11.7. The fraction of sp³-hybridized carbons (Fsp3) is 0.538. The Balaban J connectivity index is 2.23. The normalized spacial score (nSPS) is 18.4. The predicted octanol–water partition coefficient (Wildman–Crippen LogP) is 0.692. The summed E-state index contributed by atoms with van der Waals surface area (Å²) < 4.78 is 23.2. The smallest absolute Gasteiger partial charge is 0.257 e. The maximum Gasteiger partial charge on any atom is 0.257 e. The maximum atomic E-state index is 12.5. The highest BCUT2D eigenvalue weighted by Gasteiger charge is 2.24. The van der Waals surface area contributed by atoms with Crippen LogP contribution in [0.3, 0.4) is 0 Å². The second-order valence-corrected chi connectivity index (χ2v) is 7.22. The summed E-state index contributed by atoms with van der Waals surface area (Å²) in [6, 6.07) is 1.81. The van der Waals surface area contributed by atoms with Crippen LogP contribution in [0.4, 0.5) is 5.69 Å². The largest absolute Gasteiger partial charge is 0.387 e. The third-order valence-corrected chi connectivity index (χ3v) is 5.10. The van der Waals surface area contributed by atoms with Gasteiger partial charge in [0.25, 0.3) is 5.91 Å². The molecule has 0 spiro atoms. The Morgan fingerprint density at radius 3 is 2.80 bits per heavy atom. The molecule has 0 unspecified atom stereocenters. The van der Waals surface area contributed by atoms with E-state index in [1.54, 1.807) is 18.1 Å². The number of aromatic nitrogens is 1. The van der Waals surface area contributed by atoms with Gasteiger partial charge in [-0.15, -0.1) is 0 Å². The van der Waals surface area contributed by atoms with Gasteiger partial charge in [0.1, 0.15) is 0 Å². The third kappa shape index (κ3) is 3.27. The van der Waals surface area contributed by atoms with Crippen LogP contribution in [0, 0.1) is 6.92 Å². The SMILES string of the molecule is CNc1cc(C)ncc1C(=O)N1CCCS(=O)(=O)CC1. The molecule has 0 aliphatic carbocycles. The molecule has 1 amide bonds. The average molecular weight is 297 g/mol. The van der Waals surface area contributed by atoms with Crippen LogP contribution in [-0.4, -0.2) is 55.9 Å².